The third-order valence-corrected chi connectivity index (χ3v) is 8.96. The monoisotopic (exact) mass is 507 g/mol. The van der Waals surface area contributed by atoms with E-state index in [1.807, 2.05) is 0 Å². The summed E-state index contributed by atoms with van der Waals surface area (Å²) < 4.78 is 44.2. The molecule has 1 aromatic heterocycles. The van der Waals surface area contributed by atoms with Crippen LogP contribution in [0.3, 0.4) is 0 Å². The van der Waals surface area contributed by atoms with Crippen molar-refractivity contribution in [1.82, 2.24) is 9.55 Å². The second-order valence-electron chi connectivity index (χ2n) is 8.50. The predicted octanol–water partition coefficient (Wildman–Crippen LogP) is 3.78. The standard InChI is InChI=1S/C21H38N3O7PS/c1-8-14(4)11-16-17(31-32(26,33-7)30-13(2)3)18(28-10-9-27-6)20(29-16)24-12-15(5)19(22)23-21(24)25/h12-14,16-18,20H,8-11H2,1-7H3,(H2,22,23,25). The van der Waals surface area contributed by atoms with Crippen molar-refractivity contribution in [2.45, 2.75) is 78.1 Å². The fraction of sp³-hybridized carbons (Fsp3) is 0.810. The molecule has 6 atom stereocenters. The molecule has 1 saturated heterocycles. The Kier molecular flexibility index (Phi) is 10.9. The van der Waals surface area contributed by atoms with Crippen molar-refractivity contribution >= 4 is 24.0 Å². The predicted molar refractivity (Wildman–Crippen MR) is 129 cm³/mol. The minimum atomic E-state index is -3.52. The maximum absolute atomic E-state index is 13.4. The molecule has 1 fully saturated rings. The lowest BCUT2D eigenvalue weighted by Crippen LogP contribution is -2.39. The molecule has 6 unspecified atom stereocenters. The quantitative estimate of drug-likeness (QED) is 0.311. The molecule has 1 aliphatic heterocycles. The Morgan fingerprint density at radius 3 is 2.58 bits per heavy atom. The van der Waals surface area contributed by atoms with Gasteiger partial charge in [0.05, 0.1) is 25.4 Å². The highest BCUT2D eigenvalue weighted by Gasteiger charge is 2.51. The summed E-state index contributed by atoms with van der Waals surface area (Å²) in [4.78, 5) is 16.6. The first-order valence-electron chi connectivity index (χ1n) is 11.2. The summed E-state index contributed by atoms with van der Waals surface area (Å²) in [5.41, 5.74) is 5.89. The molecule has 190 valence electrons. The van der Waals surface area contributed by atoms with Gasteiger partial charge in [-0.1, -0.05) is 20.3 Å². The molecule has 0 saturated carbocycles. The molecule has 1 aliphatic rings. The van der Waals surface area contributed by atoms with Gasteiger partial charge in [0.15, 0.2) is 6.23 Å². The van der Waals surface area contributed by atoms with Gasteiger partial charge in [0.1, 0.15) is 18.0 Å². The number of hydrogen-bond acceptors (Lipinski definition) is 10. The number of nitrogen functional groups attached to an aromatic ring is 1. The lowest BCUT2D eigenvalue weighted by atomic mass is 9.97. The Morgan fingerprint density at radius 2 is 2.00 bits per heavy atom. The van der Waals surface area contributed by atoms with Gasteiger partial charge in [0, 0.05) is 18.9 Å². The van der Waals surface area contributed by atoms with Crippen LogP contribution < -0.4 is 11.4 Å². The molecular formula is C21H38N3O7PS. The molecule has 2 N–H and O–H groups in total. The van der Waals surface area contributed by atoms with Crippen molar-refractivity contribution in [2.24, 2.45) is 5.92 Å². The maximum atomic E-state index is 13.4. The number of nitrogens with zero attached hydrogens (tertiary/aromatic N) is 2. The number of hydrogen-bond donors (Lipinski definition) is 1. The van der Waals surface area contributed by atoms with E-state index >= 15 is 0 Å². The SMILES string of the molecule is CCC(C)CC1OC(n2cc(C)c(N)nc2=O)C(OCCOC)C1OP(=O)(OC(C)C)SC. The lowest BCUT2D eigenvalue weighted by Gasteiger charge is -2.29. The summed E-state index contributed by atoms with van der Waals surface area (Å²) in [6.45, 7) is 6.61. The molecule has 0 aromatic carbocycles. The van der Waals surface area contributed by atoms with Gasteiger partial charge in [-0.25, -0.2) is 9.36 Å². The van der Waals surface area contributed by atoms with E-state index in [0.29, 0.717) is 24.5 Å². The first kappa shape index (κ1) is 28.3. The zero-order valence-corrected chi connectivity index (χ0v) is 22.3. The average Bonchev–Trinajstić information content (AvgIpc) is 3.06. The van der Waals surface area contributed by atoms with Crippen LogP contribution in [0.4, 0.5) is 5.82 Å². The summed E-state index contributed by atoms with van der Waals surface area (Å²) in [5, 5.41) is 0. The molecule has 0 amide bonds. The topological polar surface area (TPSA) is 124 Å². The van der Waals surface area contributed by atoms with Crippen LogP contribution in [0, 0.1) is 12.8 Å². The molecule has 0 aliphatic carbocycles. The Bertz CT molecular complexity index is 869. The minimum Gasteiger partial charge on any atom is -0.383 e. The normalized spacial score (nSPS) is 25.9. The van der Waals surface area contributed by atoms with Crippen LogP contribution in [0.5, 0.6) is 0 Å². The van der Waals surface area contributed by atoms with E-state index in [-0.39, 0.29) is 18.5 Å². The fourth-order valence-electron chi connectivity index (χ4n) is 3.54. The number of rotatable bonds is 13. The van der Waals surface area contributed by atoms with E-state index in [4.69, 9.17) is 29.0 Å². The summed E-state index contributed by atoms with van der Waals surface area (Å²) in [6.07, 6.45) is 1.76. The molecule has 2 rings (SSSR count). The van der Waals surface area contributed by atoms with E-state index in [9.17, 15) is 9.36 Å². The number of aromatic nitrogens is 2. The molecule has 12 heteroatoms. The zero-order valence-electron chi connectivity index (χ0n) is 20.6. The van der Waals surface area contributed by atoms with Crippen LogP contribution in [0.1, 0.15) is 52.3 Å². The highest BCUT2D eigenvalue weighted by Crippen LogP contribution is 2.62. The van der Waals surface area contributed by atoms with Crippen LogP contribution >= 0.6 is 18.2 Å². The van der Waals surface area contributed by atoms with Crippen molar-refractivity contribution in [3.63, 3.8) is 0 Å². The Hall–Kier alpha value is -0.940. The maximum Gasteiger partial charge on any atom is 0.389 e. The van der Waals surface area contributed by atoms with Gasteiger partial charge in [-0.15, -0.1) is 0 Å². The van der Waals surface area contributed by atoms with Gasteiger partial charge >= 0.3 is 12.5 Å². The van der Waals surface area contributed by atoms with Crippen molar-refractivity contribution in [1.29, 1.82) is 0 Å². The Balaban J connectivity index is 2.50. The van der Waals surface area contributed by atoms with Crippen molar-refractivity contribution in [3.8, 4) is 0 Å². The van der Waals surface area contributed by atoms with Gasteiger partial charge in [0.25, 0.3) is 0 Å². The highest BCUT2D eigenvalue weighted by molar-refractivity contribution is 8.54. The second-order valence-corrected chi connectivity index (χ2v) is 12.6. The first-order chi connectivity index (χ1) is 15.5. The molecule has 10 nitrogen and oxygen atoms in total. The molecule has 0 bridgehead atoms. The third kappa shape index (κ3) is 7.52. The molecule has 0 spiro atoms. The zero-order chi connectivity index (χ0) is 24.8. The second kappa shape index (κ2) is 12.7. The third-order valence-electron chi connectivity index (χ3n) is 5.48. The van der Waals surface area contributed by atoms with Gasteiger partial charge in [-0.2, -0.15) is 4.98 Å². The van der Waals surface area contributed by atoms with Crippen molar-refractivity contribution in [3.05, 3.63) is 22.2 Å². The van der Waals surface area contributed by atoms with Crippen LogP contribution in [0.25, 0.3) is 0 Å². The Labute approximate surface area is 200 Å². The van der Waals surface area contributed by atoms with Crippen LogP contribution in [0.15, 0.2) is 11.0 Å². The Morgan fingerprint density at radius 1 is 1.30 bits per heavy atom. The van der Waals surface area contributed by atoms with E-state index in [1.165, 1.54) is 4.57 Å². The lowest BCUT2D eigenvalue weighted by molar-refractivity contribution is -0.0793. The molecule has 33 heavy (non-hydrogen) atoms. The average molecular weight is 508 g/mol. The summed E-state index contributed by atoms with van der Waals surface area (Å²) in [7, 11) is 1.57. The molecule has 2 heterocycles. The molecule has 1 aromatic rings. The van der Waals surface area contributed by atoms with E-state index < -0.39 is 37.0 Å². The van der Waals surface area contributed by atoms with Crippen LogP contribution in [-0.2, 0) is 27.8 Å². The van der Waals surface area contributed by atoms with Gasteiger partial charge < -0.3 is 19.9 Å². The first-order valence-corrected chi connectivity index (χ1v) is 14.6. The van der Waals surface area contributed by atoms with Crippen LogP contribution in [-0.4, -0.2) is 60.5 Å². The largest absolute Gasteiger partial charge is 0.389 e. The number of nitrogens with two attached hydrogens (primary N) is 1. The molecule has 0 radical (unpaired) electrons. The summed E-state index contributed by atoms with van der Waals surface area (Å²) in [5.74, 6) is 0.467. The summed E-state index contributed by atoms with van der Waals surface area (Å²) >= 11 is 1.03. The fourth-order valence-corrected chi connectivity index (χ4v) is 6.16. The van der Waals surface area contributed by atoms with E-state index in [1.54, 1.807) is 40.3 Å². The van der Waals surface area contributed by atoms with Crippen molar-refractivity contribution < 1.29 is 27.8 Å². The smallest absolute Gasteiger partial charge is 0.383 e. The number of aryl methyl sites for hydroxylation is 1. The number of anilines is 1. The summed E-state index contributed by atoms with van der Waals surface area (Å²) in [6, 6.07) is 0. The van der Waals surface area contributed by atoms with E-state index in [2.05, 4.69) is 18.8 Å². The van der Waals surface area contributed by atoms with Gasteiger partial charge in [-0.05, 0) is 50.7 Å². The number of ether oxygens (including phenoxy) is 3. The van der Waals surface area contributed by atoms with Gasteiger partial charge in [0.2, 0.25) is 0 Å². The highest BCUT2D eigenvalue weighted by atomic mass is 32.7. The molecular weight excluding hydrogens is 469 g/mol. The van der Waals surface area contributed by atoms with Crippen LogP contribution in [0.2, 0.25) is 0 Å². The van der Waals surface area contributed by atoms with Gasteiger partial charge in [-0.3, -0.25) is 13.6 Å². The number of methoxy groups -OCH3 is 1. The minimum absolute atomic E-state index is 0.160. The van der Waals surface area contributed by atoms with Crippen molar-refractivity contribution in [2.75, 3.05) is 32.3 Å². The van der Waals surface area contributed by atoms with E-state index in [0.717, 1.165) is 17.8 Å².